The minimum atomic E-state index is -1.06. The van der Waals surface area contributed by atoms with Crippen LogP contribution in [0.15, 0.2) is 18.2 Å². The Labute approximate surface area is 80.4 Å². The van der Waals surface area contributed by atoms with Crippen molar-refractivity contribution in [2.24, 2.45) is 5.73 Å². The van der Waals surface area contributed by atoms with Crippen LogP contribution in [0, 0.1) is 0 Å². The number of carboxylic acid groups (broad SMARTS) is 1. The van der Waals surface area contributed by atoms with Gasteiger partial charge in [0.1, 0.15) is 0 Å². The van der Waals surface area contributed by atoms with Gasteiger partial charge in [-0.3, -0.25) is 4.79 Å². The SMILES string of the molecule is NC(CC(=O)O)c1cccc(O)c1O. The van der Waals surface area contributed by atoms with E-state index in [9.17, 15) is 9.90 Å². The third-order valence-corrected chi connectivity index (χ3v) is 1.84. The van der Waals surface area contributed by atoms with E-state index < -0.39 is 12.0 Å². The lowest BCUT2D eigenvalue weighted by Crippen LogP contribution is -2.15. The molecule has 0 saturated heterocycles. The van der Waals surface area contributed by atoms with Crippen LogP contribution in [-0.4, -0.2) is 21.3 Å². The fourth-order valence-electron chi connectivity index (χ4n) is 1.15. The molecule has 0 saturated carbocycles. The number of aromatic hydroxyl groups is 2. The van der Waals surface area contributed by atoms with Crippen molar-refractivity contribution in [3.05, 3.63) is 23.8 Å². The van der Waals surface area contributed by atoms with Gasteiger partial charge in [-0.25, -0.2) is 0 Å². The van der Waals surface area contributed by atoms with Crippen LogP contribution >= 0.6 is 0 Å². The smallest absolute Gasteiger partial charge is 0.305 e. The molecule has 0 aromatic heterocycles. The summed E-state index contributed by atoms with van der Waals surface area (Å²) >= 11 is 0. The summed E-state index contributed by atoms with van der Waals surface area (Å²) in [5.74, 6) is -1.72. The molecule has 0 aliphatic rings. The molecule has 0 radical (unpaired) electrons. The van der Waals surface area contributed by atoms with E-state index in [1.807, 2.05) is 0 Å². The normalized spacial score (nSPS) is 12.4. The molecule has 1 aromatic carbocycles. The maximum absolute atomic E-state index is 10.4. The number of benzene rings is 1. The third-order valence-electron chi connectivity index (χ3n) is 1.84. The standard InChI is InChI=1S/C9H11NO4/c10-6(4-8(12)13)5-2-1-3-7(11)9(5)14/h1-3,6,11,14H,4,10H2,(H,12,13). The molecule has 5 heteroatoms. The first kappa shape index (κ1) is 10.3. The second-order valence-electron chi connectivity index (χ2n) is 2.92. The summed E-state index contributed by atoms with van der Waals surface area (Å²) in [5, 5.41) is 27.0. The lowest BCUT2D eigenvalue weighted by molar-refractivity contribution is -0.137. The number of nitrogens with two attached hydrogens (primary N) is 1. The lowest BCUT2D eigenvalue weighted by atomic mass is 10.0. The number of carbonyl (C=O) groups is 1. The maximum Gasteiger partial charge on any atom is 0.305 e. The number of rotatable bonds is 3. The van der Waals surface area contributed by atoms with Crippen LogP contribution < -0.4 is 5.73 Å². The predicted molar refractivity (Wildman–Crippen MR) is 49.0 cm³/mol. The van der Waals surface area contributed by atoms with Crippen molar-refractivity contribution >= 4 is 5.97 Å². The molecule has 5 nitrogen and oxygen atoms in total. The molecule has 1 aromatic rings. The molecule has 0 bridgehead atoms. The molecule has 0 heterocycles. The summed E-state index contributed by atoms with van der Waals surface area (Å²) in [4.78, 5) is 10.4. The van der Waals surface area contributed by atoms with Gasteiger partial charge in [-0.1, -0.05) is 12.1 Å². The van der Waals surface area contributed by atoms with Gasteiger partial charge in [0.2, 0.25) is 0 Å². The second-order valence-corrected chi connectivity index (χ2v) is 2.92. The fourth-order valence-corrected chi connectivity index (χ4v) is 1.15. The van der Waals surface area contributed by atoms with Crippen molar-refractivity contribution in [3.8, 4) is 11.5 Å². The van der Waals surface area contributed by atoms with Gasteiger partial charge >= 0.3 is 5.97 Å². The Morgan fingerprint density at radius 3 is 2.64 bits per heavy atom. The number of aliphatic carboxylic acids is 1. The van der Waals surface area contributed by atoms with Crippen molar-refractivity contribution < 1.29 is 20.1 Å². The van der Waals surface area contributed by atoms with Crippen LogP contribution in [0.3, 0.4) is 0 Å². The molecule has 1 unspecified atom stereocenters. The highest BCUT2D eigenvalue weighted by Crippen LogP contribution is 2.32. The molecular formula is C9H11NO4. The Bertz CT molecular complexity index is 351. The molecule has 76 valence electrons. The summed E-state index contributed by atoms with van der Waals surface area (Å²) in [5.41, 5.74) is 5.74. The summed E-state index contributed by atoms with van der Waals surface area (Å²) in [6, 6.07) is 3.45. The van der Waals surface area contributed by atoms with E-state index in [1.54, 1.807) is 0 Å². The van der Waals surface area contributed by atoms with E-state index in [2.05, 4.69) is 0 Å². The molecule has 0 spiro atoms. The van der Waals surface area contributed by atoms with Crippen molar-refractivity contribution in [2.45, 2.75) is 12.5 Å². The Hall–Kier alpha value is -1.75. The van der Waals surface area contributed by atoms with Gasteiger partial charge in [0.25, 0.3) is 0 Å². The average Bonchev–Trinajstić information content (AvgIpc) is 2.08. The minimum absolute atomic E-state index is 0.229. The first-order valence-electron chi connectivity index (χ1n) is 4.00. The maximum atomic E-state index is 10.4. The summed E-state index contributed by atoms with van der Waals surface area (Å²) in [7, 11) is 0. The van der Waals surface area contributed by atoms with Crippen LogP contribution in [0.1, 0.15) is 18.0 Å². The number of hydrogen-bond donors (Lipinski definition) is 4. The van der Waals surface area contributed by atoms with Crippen LogP contribution in [-0.2, 0) is 4.79 Å². The van der Waals surface area contributed by atoms with Crippen LogP contribution in [0.5, 0.6) is 11.5 Å². The molecule has 1 rings (SSSR count). The van der Waals surface area contributed by atoms with E-state index in [0.717, 1.165) is 0 Å². The van der Waals surface area contributed by atoms with E-state index in [0.29, 0.717) is 0 Å². The first-order chi connectivity index (χ1) is 6.52. The van der Waals surface area contributed by atoms with Gasteiger partial charge in [-0.15, -0.1) is 0 Å². The zero-order valence-electron chi connectivity index (χ0n) is 7.34. The highest BCUT2D eigenvalue weighted by Gasteiger charge is 2.15. The van der Waals surface area contributed by atoms with Crippen molar-refractivity contribution in [1.29, 1.82) is 0 Å². The van der Waals surface area contributed by atoms with Crippen LogP contribution in [0.2, 0.25) is 0 Å². The van der Waals surface area contributed by atoms with Gasteiger partial charge < -0.3 is 21.1 Å². The average molecular weight is 197 g/mol. The Morgan fingerprint density at radius 2 is 2.07 bits per heavy atom. The number of carboxylic acids is 1. The molecule has 0 amide bonds. The van der Waals surface area contributed by atoms with E-state index in [1.165, 1.54) is 18.2 Å². The molecular weight excluding hydrogens is 186 g/mol. The highest BCUT2D eigenvalue weighted by atomic mass is 16.4. The number of para-hydroxylation sites is 1. The zero-order chi connectivity index (χ0) is 10.7. The van der Waals surface area contributed by atoms with Crippen LogP contribution in [0.4, 0.5) is 0 Å². The fraction of sp³-hybridized carbons (Fsp3) is 0.222. The molecule has 1 atom stereocenters. The molecule has 0 aliphatic carbocycles. The number of phenolic OH excluding ortho intramolecular Hbond substituents is 2. The third kappa shape index (κ3) is 2.14. The second kappa shape index (κ2) is 3.97. The van der Waals surface area contributed by atoms with Gasteiger partial charge in [0, 0.05) is 11.6 Å². The molecule has 0 aliphatic heterocycles. The summed E-state index contributed by atoms with van der Waals surface area (Å²) in [6.45, 7) is 0. The van der Waals surface area contributed by atoms with Gasteiger partial charge in [0.05, 0.1) is 6.42 Å². The minimum Gasteiger partial charge on any atom is -0.504 e. The Balaban J connectivity index is 2.95. The largest absolute Gasteiger partial charge is 0.504 e. The monoisotopic (exact) mass is 197 g/mol. The quantitative estimate of drug-likeness (QED) is 0.530. The van der Waals surface area contributed by atoms with E-state index in [-0.39, 0.29) is 23.5 Å². The molecule has 14 heavy (non-hydrogen) atoms. The van der Waals surface area contributed by atoms with Gasteiger partial charge in [-0.05, 0) is 6.07 Å². The summed E-state index contributed by atoms with van der Waals surface area (Å²) < 4.78 is 0. The highest BCUT2D eigenvalue weighted by molar-refractivity contribution is 5.68. The Morgan fingerprint density at radius 1 is 1.43 bits per heavy atom. The predicted octanol–water partition coefficient (Wildman–Crippen LogP) is 0.572. The molecule has 0 fully saturated rings. The first-order valence-corrected chi connectivity index (χ1v) is 4.00. The topological polar surface area (TPSA) is 104 Å². The molecule has 5 N–H and O–H groups in total. The van der Waals surface area contributed by atoms with E-state index in [4.69, 9.17) is 15.9 Å². The Kier molecular flexibility index (Phi) is 2.93. The van der Waals surface area contributed by atoms with Crippen LogP contribution in [0.25, 0.3) is 0 Å². The van der Waals surface area contributed by atoms with Crippen molar-refractivity contribution in [2.75, 3.05) is 0 Å². The van der Waals surface area contributed by atoms with Gasteiger partial charge in [0.15, 0.2) is 11.5 Å². The zero-order valence-corrected chi connectivity index (χ0v) is 7.34. The summed E-state index contributed by atoms with van der Waals surface area (Å²) in [6.07, 6.45) is -0.295. The number of phenols is 2. The lowest BCUT2D eigenvalue weighted by Gasteiger charge is -2.11. The number of hydrogen-bond acceptors (Lipinski definition) is 4. The van der Waals surface area contributed by atoms with Crippen molar-refractivity contribution in [1.82, 2.24) is 0 Å². The van der Waals surface area contributed by atoms with Crippen molar-refractivity contribution in [3.63, 3.8) is 0 Å². The van der Waals surface area contributed by atoms with E-state index >= 15 is 0 Å². The van der Waals surface area contributed by atoms with Gasteiger partial charge in [-0.2, -0.15) is 0 Å².